The van der Waals surface area contributed by atoms with Crippen LogP contribution >= 0.6 is 0 Å². The summed E-state index contributed by atoms with van der Waals surface area (Å²) in [5, 5.41) is 2.33. The van der Waals surface area contributed by atoms with Crippen molar-refractivity contribution in [3.05, 3.63) is 35.2 Å². The molecule has 0 aliphatic carbocycles. The van der Waals surface area contributed by atoms with E-state index in [1.807, 2.05) is 0 Å². The quantitative estimate of drug-likeness (QED) is 0.539. The molecule has 0 heterocycles. The van der Waals surface area contributed by atoms with Gasteiger partial charge in [0.15, 0.2) is 0 Å². The highest BCUT2D eigenvalue weighted by Crippen LogP contribution is 2.12. The smallest absolute Gasteiger partial charge is 0.200 e. The summed E-state index contributed by atoms with van der Waals surface area (Å²) in [5.74, 6) is 0. The summed E-state index contributed by atoms with van der Waals surface area (Å²) >= 11 is 0. The molecule has 0 aliphatic rings. The molecular formula is C7H8N2O3S. The Morgan fingerprint density at radius 2 is 1.77 bits per heavy atom. The van der Waals surface area contributed by atoms with E-state index in [1.165, 1.54) is 12.1 Å². The Hall–Kier alpha value is -1.43. The molecule has 0 unspecified atom stereocenters. The molecule has 0 atom stereocenters. The summed E-state index contributed by atoms with van der Waals surface area (Å²) in [6.07, 6.45) is 0. The van der Waals surface area contributed by atoms with Crippen LogP contribution in [-0.2, 0) is 10.0 Å². The summed E-state index contributed by atoms with van der Waals surface area (Å²) < 4.78 is 23.2. The summed E-state index contributed by atoms with van der Waals surface area (Å²) in [4.78, 5) is 10.1. The lowest BCUT2D eigenvalue weighted by Gasteiger charge is -2.08. The van der Waals surface area contributed by atoms with Crippen LogP contribution in [0.5, 0.6) is 0 Å². The third-order valence-corrected chi connectivity index (χ3v) is 3.13. The van der Waals surface area contributed by atoms with Crippen molar-refractivity contribution in [3.8, 4) is 0 Å². The molecule has 0 bridgehead atoms. The first kappa shape index (κ1) is 9.66. The molecule has 13 heavy (non-hydrogen) atoms. The Morgan fingerprint density at radius 1 is 1.23 bits per heavy atom. The van der Waals surface area contributed by atoms with Crippen LogP contribution in [-0.4, -0.2) is 19.9 Å². The predicted molar refractivity (Wildman–Crippen MR) is 47.2 cm³/mol. The molecule has 0 aromatic heterocycles. The van der Waals surface area contributed by atoms with Crippen LogP contribution in [0.25, 0.3) is 0 Å². The number of sulfonamides is 1. The van der Waals surface area contributed by atoms with E-state index in [1.54, 1.807) is 18.2 Å². The van der Waals surface area contributed by atoms with E-state index in [-0.39, 0.29) is 4.90 Å². The molecule has 1 aromatic rings. The number of hydrogen-bond donors (Lipinski definition) is 0. The molecule has 6 heteroatoms. The molecule has 0 N–H and O–H groups in total. The minimum atomic E-state index is -3.73. The fourth-order valence-electron chi connectivity index (χ4n) is 0.789. The van der Waals surface area contributed by atoms with Crippen LogP contribution in [0.3, 0.4) is 0 Å². The van der Waals surface area contributed by atoms with Crippen molar-refractivity contribution in [1.82, 2.24) is 4.41 Å². The highest BCUT2D eigenvalue weighted by Gasteiger charge is 2.19. The van der Waals surface area contributed by atoms with Crippen molar-refractivity contribution >= 4 is 10.0 Å². The van der Waals surface area contributed by atoms with Crippen molar-refractivity contribution in [2.24, 2.45) is 5.29 Å². The van der Waals surface area contributed by atoms with Crippen molar-refractivity contribution in [2.45, 2.75) is 4.90 Å². The van der Waals surface area contributed by atoms with Crippen LogP contribution in [0.4, 0.5) is 0 Å². The van der Waals surface area contributed by atoms with E-state index in [4.69, 9.17) is 0 Å². The van der Waals surface area contributed by atoms with Gasteiger partial charge in [0, 0.05) is 7.05 Å². The zero-order chi connectivity index (χ0) is 9.90. The molecule has 0 spiro atoms. The summed E-state index contributed by atoms with van der Waals surface area (Å²) in [5.41, 5.74) is 0. The van der Waals surface area contributed by atoms with Gasteiger partial charge in [-0.05, 0) is 12.1 Å². The SMILES string of the molecule is CN(N=O)S(=O)(=O)c1ccccc1. The maximum atomic E-state index is 11.4. The minimum absolute atomic E-state index is 0.0529. The first-order chi connectivity index (χ1) is 6.09. The van der Waals surface area contributed by atoms with Gasteiger partial charge in [0.05, 0.1) is 10.2 Å². The van der Waals surface area contributed by atoms with Crippen LogP contribution < -0.4 is 0 Å². The van der Waals surface area contributed by atoms with Gasteiger partial charge in [-0.3, -0.25) is 0 Å². The van der Waals surface area contributed by atoms with Crippen LogP contribution in [0.1, 0.15) is 0 Å². The molecule has 0 fully saturated rings. The molecule has 1 rings (SSSR count). The van der Waals surface area contributed by atoms with Gasteiger partial charge in [0.1, 0.15) is 0 Å². The van der Waals surface area contributed by atoms with E-state index in [9.17, 15) is 13.3 Å². The largest absolute Gasteiger partial charge is 0.281 e. The number of benzene rings is 1. The molecule has 5 nitrogen and oxygen atoms in total. The van der Waals surface area contributed by atoms with Gasteiger partial charge in [0.2, 0.25) is 0 Å². The first-order valence-corrected chi connectivity index (χ1v) is 4.90. The number of nitroso groups, excluding NO2 is 1. The van der Waals surface area contributed by atoms with E-state index < -0.39 is 10.0 Å². The average molecular weight is 200 g/mol. The number of rotatable bonds is 3. The lowest BCUT2D eigenvalue weighted by Crippen LogP contribution is -2.20. The van der Waals surface area contributed by atoms with Crippen molar-refractivity contribution in [2.75, 3.05) is 7.05 Å². The molecule has 0 radical (unpaired) electrons. The van der Waals surface area contributed by atoms with Crippen LogP contribution in [0, 0.1) is 4.91 Å². The standard InChI is InChI=1S/C7H8N2O3S/c1-9(8-10)13(11,12)7-5-3-2-4-6-7/h2-6H,1H3. The fraction of sp³-hybridized carbons (Fsp3) is 0.143. The highest BCUT2D eigenvalue weighted by atomic mass is 32.2. The van der Waals surface area contributed by atoms with Gasteiger partial charge in [-0.25, -0.2) is 0 Å². The fourth-order valence-corrected chi connectivity index (χ4v) is 1.68. The summed E-state index contributed by atoms with van der Waals surface area (Å²) in [7, 11) is -2.64. The molecule has 1 aromatic carbocycles. The van der Waals surface area contributed by atoms with Gasteiger partial charge in [0.25, 0.3) is 10.0 Å². The summed E-state index contributed by atoms with van der Waals surface area (Å²) in [6.45, 7) is 0. The summed E-state index contributed by atoms with van der Waals surface area (Å²) in [6, 6.07) is 7.64. The Balaban J connectivity index is 3.16. The van der Waals surface area contributed by atoms with Crippen molar-refractivity contribution in [3.63, 3.8) is 0 Å². The molecule has 0 saturated carbocycles. The lowest BCUT2D eigenvalue weighted by molar-refractivity contribution is 0.486. The van der Waals surface area contributed by atoms with Crippen LogP contribution in [0.2, 0.25) is 0 Å². The van der Waals surface area contributed by atoms with E-state index >= 15 is 0 Å². The Labute approximate surface area is 76.0 Å². The maximum Gasteiger partial charge on any atom is 0.281 e. The van der Waals surface area contributed by atoms with Gasteiger partial charge >= 0.3 is 0 Å². The first-order valence-electron chi connectivity index (χ1n) is 3.46. The monoisotopic (exact) mass is 200 g/mol. The molecule has 0 amide bonds. The topological polar surface area (TPSA) is 66.8 Å². The minimum Gasteiger partial charge on any atom is -0.200 e. The molecule has 0 aliphatic heterocycles. The van der Waals surface area contributed by atoms with E-state index in [0.717, 1.165) is 7.05 Å². The second kappa shape index (κ2) is 3.53. The highest BCUT2D eigenvalue weighted by molar-refractivity contribution is 7.89. The second-order valence-corrected chi connectivity index (χ2v) is 4.28. The zero-order valence-electron chi connectivity index (χ0n) is 6.91. The maximum absolute atomic E-state index is 11.4. The number of nitrogens with zero attached hydrogens (tertiary/aromatic N) is 2. The average Bonchev–Trinajstić information content (AvgIpc) is 2.18. The third kappa shape index (κ3) is 1.83. The molecule has 70 valence electrons. The lowest BCUT2D eigenvalue weighted by atomic mass is 10.4. The van der Waals surface area contributed by atoms with Crippen LogP contribution in [0.15, 0.2) is 40.5 Å². The van der Waals surface area contributed by atoms with Gasteiger partial charge in [-0.15, -0.1) is 4.91 Å². The second-order valence-electron chi connectivity index (χ2n) is 2.33. The number of hydrogen-bond acceptors (Lipinski definition) is 4. The normalized spacial score (nSPS) is 10.8. The Bertz CT molecular complexity index is 387. The van der Waals surface area contributed by atoms with E-state index in [0.29, 0.717) is 4.41 Å². The van der Waals surface area contributed by atoms with E-state index in [2.05, 4.69) is 5.29 Å². The Morgan fingerprint density at radius 3 is 2.23 bits per heavy atom. The van der Waals surface area contributed by atoms with Gasteiger partial charge in [-0.2, -0.15) is 12.8 Å². The Kier molecular flexibility index (Phi) is 2.62. The predicted octanol–water partition coefficient (Wildman–Crippen LogP) is 0.989. The zero-order valence-corrected chi connectivity index (χ0v) is 7.73. The third-order valence-electron chi connectivity index (χ3n) is 1.50. The molecular weight excluding hydrogens is 192 g/mol. The van der Waals surface area contributed by atoms with Crippen molar-refractivity contribution in [1.29, 1.82) is 0 Å². The van der Waals surface area contributed by atoms with Gasteiger partial charge in [-0.1, -0.05) is 18.2 Å². The van der Waals surface area contributed by atoms with Crippen molar-refractivity contribution < 1.29 is 8.42 Å². The molecule has 0 saturated heterocycles. The van der Waals surface area contributed by atoms with Gasteiger partial charge < -0.3 is 0 Å².